The highest BCUT2D eigenvalue weighted by atomic mass is 16.2. The number of para-hydroxylation sites is 1. The molecular formula is C22H28N2O3. The highest BCUT2D eigenvalue weighted by molar-refractivity contribution is 6.09. The number of hydrogen-bond donors (Lipinski definition) is 0. The summed E-state index contributed by atoms with van der Waals surface area (Å²) in [5.41, 5.74) is 0.351. The first-order valence-electron chi connectivity index (χ1n) is 10.3. The maximum Gasteiger partial charge on any atom is 0.247 e. The highest BCUT2D eigenvalue weighted by Gasteiger charge is 2.53. The van der Waals surface area contributed by atoms with Crippen molar-refractivity contribution in [1.82, 2.24) is 4.90 Å². The number of hydrogen-bond acceptors (Lipinski definition) is 3. The average molecular weight is 368 g/mol. The van der Waals surface area contributed by atoms with Crippen LogP contribution in [0.4, 0.5) is 5.69 Å². The molecule has 0 unspecified atom stereocenters. The molecule has 1 aromatic rings. The smallest absolute Gasteiger partial charge is 0.247 e. The maximum atomic E-state index is 13.3. The number of rotatable bonds is 4. The second-order valence-electron chi connectivity index (χ2n) is 8.34. The number of benzene rings is 1. The molecule has 0 bridgehead atoms. The van der Waals surface area contributed by atoms with E-state index >= 15 is 0 Å². The standard InChI is InChI=1S/C22H28N2O3/c25-19-15-22(13-7-8-14-22)21(27)23(19)16-20(26)24(17-9-3-1-4-10-17)18-11-5-2-6-12-18/h1,3-4,9-10,18H,2,5-8,11-16H2. The normalized spacial score (nSPS) is 22.6. The molecule has 2 aliphatic carbocycles. The Labute approximate surface area is 160 Å². The average Bonchev–Trinajstić information content (AvgIpc) is 3.25. The topological polar surface area (TPSA) is 57.7 Å². The number of anilines is 1. The van der Waals surface area contributed by atoms with Gasteiger partial charge in [0.2, 0.25) is 17.7 Å². The molecule has 0 radical (unpaired) electrons. The Balaban J connectivity index is 1.55. The van der Waals surface area contributed by atoms with Crippen molar-refractivity contribution in [2.75, 3.05) is 11.4 Å². The summed E-state index contributed by atoms with van der Waals surface area (Å²) in [6.07, 6.45) is 9.25. The van der Waals surface area contributed by atoms with Gasteiger partial charge in [0.05, 0.1) is 5.41 Å². The molecule has 0 aromatic heterocycles. The Morgan fingerprint density at radius 2 is 1.67 bits per heavy atom. The van der Waals surface area contributed by atoms with Crippen LogP contribution in [-0.4, -0.2) is 35.2 Å². The fourth-order valence-corrected chi connectivity index (χ4v) is 5.16. The Bertz CT molecular complexity index is 718. The van der Waals surface area contributed by atoms with E-state index in [2.05, 4.69) is 0 Å². The lowest BCUT2D eigenvalue weighted by Crippen LogP contribution is -2.48. The number of imide groups is 1. The molecule has 3 aliphatic rings. The van der Waals surface area contributed by atoms with Gasteiger partial charge in [-0.1, -0.05) is 50.3 Å². The molecular weight excluding hydrogens is 340 g/mol. The Morgan fingerprint density at radius 1 is 1.00 bits per heavy atom. The van der Waals surface area contributed by atoms with Gasteiger partial charge >= 0.3 is 0 Å². The quantitative estimate of drug-likeness (QED) is 0.762. The Kier molecular flexibility index (Phi) is 5.02. The van der Waals surface area contributed by atoms with Crippen LogP contribution < -0.4 is 4.90 Å². The molecule has 1 aliphatic heterocycles. The first-order valence-corrected chi connectivity index (χ1v) is 10.3. The molecule has 4 rings (SSSR count). The van der Waals surface area contributed by atoms with Crippen LogP contribution in [0.25, 0.3) is 0 Å². The van der Waals surface area contributed by atoms with Crippen LogP contribution in [0.15, 0.2) is 30.3 Å². The number of carbonyl (C=O) groups is 3. The van der Waals surface area contributed by atoms with Crippen molar-refractivity contribution in [3.8, 4) is 0 Å². The second-order valence-corrected chi connectivity index (χ2v) is 8.34. The van der Waals surface area contributed by atoms with Gasteiger partial charge in [-0.15, -0.1) is 0 Å². The van der Waals surface area contributed by atoms with Gasteiger partial charge in [-0.2, -0.15) is 0 Å². The molecule has 3 amide bonds. The minimum Gasteiger partial charge on any atom is -0.308 e. The molecule has 1 saturated heterocycles. The zero-order valence-electron chi connectivity index (χ0n) is 15.9. The van der Waals surface area contributed by atoms with Crippen molar-refractivity contribution < 1.29 is 14.4 Å². The first kappa shape index (κ1) is 18.2. The number of carbonyl (C=O) groups excluding carboxylic acids is 3. The fraction of sp³-hybridized carbons (Fsp3) is 0.591. The third-order valence-corrected chi connectivity index (χ3v) is 6.59. The summed E-state index contributed by atoms with van der Waals surface area (Å²) in [4.78, 5) is 41.9. The van der Waals surface area contributed by atoms with Crippen molar-refractivity contribution in [3.05, 3.63) is 30.3 Å². The molecule has 3 fully saturated rings. The van der Waals surface area contributed by atoms with Crippen molar-refractivity contribution in [3.63, 3.8) is 0 Å². The largest absolute Gasteiger partial charge is 0.308 e. The van der Waals surface area contributed by atoms with E-state index in [1.54, 1.807) is 0 Å². The molecule has 2 saturated carbocycles. The zero-order chi connectivity index (χ0) is 18.9. The Hall–Kier alpha value is -2.17. The fourth-order valence-electron chi connectivity index (χ4n) is 5.16. The van der Waals surface area contributed by atoms with Crippen molar-refractivity contribution >= 4 is 23.4 Å². The molecule has 5 nitrogen and oxygen atoms in total. The van der Waals surface area contributed by atoms with Crippen LogP contribution >= 0.6 is 0 Å². The predicted molar refractivity (Wildman–Crippen MR) is 103 cm³/mol. The van der Waals surface area contributed by atoms with E-state index in [0.29, 0.717) is 0 Å². The molecule has 1 heterocycles. The number of amides is 3. The lowest BCUT2D eigenvalue weighted by Gasteiger charge is -2.35. The van der Waals surface area contributed by atoms with Gasteiger partial charge in [-0.25, -0.2) is 0 Å². The molecule has 1 spiro atoms. The highest BCUT2D eigenvalue weighted by Crippen LogP contribution is 2.46. The van der Waals surface area contributed by atoms with Crippen LogP contribution in [-0.2, 0) is 14.4 Å². The van der Waals surface area contributed by atoms with E-state index in [1.165, 1.54) is 11.3 Å². The monoisotopic (exact) mass is 368 g/mol. The van der Waals surface area contributed by atoms with Gasteiger partial charge in [-0.3, -0.25) is 19.3 Å². The van der Waals surface area contributed by atoms with Gasteiger partial charge in [0, 0.05) is 18.2 Å². The SMILES string of the molecule is O=C1CC2(CCCC2)C(=O)N1CC(=O)N(c1ccccc1)C1CCCCC1. The summed E-state index contributed by atoms with van der Waals surface area (Å²) in [7, 11) is 0. The van der Waals surface area contributed by atoms with Crippen LogP contribution in [0.1, 0.15) is 64.2 Å². The lowest BCUT2D eigenvalue weighted by atomic mass is 9.84. The van der Waals surface area contributed by atoms with Gasteiger partial charge in [0.1, 0.15) is 6.54 Å². The maximum absolute atomic E-state index is 13.3. The van der Waals surface area contributed by atoms with E-state index in [1.807, 2.05) is 35.2 Å². The molecule has 144 valence electrons. The summed E-state index contributed by atoms with van der Waals surface area (Å²) in [6.45, 7) is -0.120. The lowest BCUT2D eigenvalue weighted by molar-refractivity contribution is -0.144. The summed E-state index contributed by atoms with van der Waals surface area (Å²) in [6, 6.07) is 9.83. The van der Waals surface area contributed by atoms with Crippen LogP contribution in [0.5, 0.6) is 0 Å². The predicted octanol–water partition coefficient (Wildman–Crippen LogP) is 3.67. The van der Waals surface area contributed by atoms with E-state index in [9.17, 15) is 14.4 Å². The van der Waals surface area contributed by atoms with Gasteiger partial charge in [0.15, 0.2) is 0 Å². The van der Waals surface area contributed by atoms with Gasteiger partial charge in [-0.05, 0) is 37.8 Å². The van der Waals surface area contributed by atoms with E-state index in [-0.39, 0.29) is 36.7 Å². The minimum atomic E-state index is -0.514. The van der Waals surface area contributed by atoms with E-state index in [0.717, 1.165) is 57.1 Å². The van der Waals surface area contributed by atoms with Gasteiger partial charge in [0.25, 0.3) is 0 Å². The molecule has 27 heavy (non-hydrogen) atoms. The summed E-state index contributed by atoms with van der Waals surface area (Å²) in [5, 5.41) is 0. The van der Waals surface area contributed by atoms with E-state index < -0.39 is 5.41 Å². The molecule has 0 atom stereocenters. The third kappa shape index (κ3) is 3.40. The first-order chi connectivity index (χ1) is 13.1. The van der Waals surface area contributed by atoms with Crippen LogP contribution in [0.2, 0.25) is 0 Å². The summed E-state index contributed by atoms with van der Waals surface area (Å²) >= 11 is 0. The van der Waals surface area contributed by atoms with Crippen molar-refractivity contribution in [1.29, 1.82) is 0 Å². The molecule has 5 heteroatoms. The Morgan fingerprint density at radius 3 is 2.33 bits per heavy atom. The van der Waals surface area contributed by atoms with Crippen molar-refractivity contribution in [2.24, 2.45) is 5.41 Å². The minimum absolute atomic E-state index is 0.116. The summed E-state index contributed by atoms with van der Waals surface area (Å²) < 4.78 is 0. The zero-order valence-corrected chi connectivity index (χ0v) is 15.9. The van der Waals surface area contributed by atoms with E-state index in [4.69, 9.17) is 0 Å². The number of nitrogens with zero attached hydrogens (tertiary/aromatic N) is 2. The number of likely N-dealkylation sites (tertiary alicyclic amines) is 1. The second kappa shape index (κ2) is 7.45. The molecule has 1 aromatic carbocycles. The van der Waals surface area contributed by atoms with Crippen LogP contribution in [0, 0.1) is 5.41 Å². The molecule has 0 N–H and O–H groups in total. The summed E-state index contributed by atoms with van der Waals surface area (Å²) in [5.74, 6) is -0.424. The van der Waals surface area contributed by atoms with Crippen LogP contribution in [0.3, 0.4) is 0 Å². The van der Waals surface area contributed by atoms with Crippen molar-refractivity contribution in [2.45, 2.75) is 70.3 Å². The van der Waals surface area contributed by atoms with Gasteiger partial charge < -0.3 is 4.90 Å². The third-order valence-electron chi connectivity index (χ3n) is 6.59.